The Morgan fingerprint density at radius 3 is 2.94 bits per heavy atom. The Hall–Kier alpha value is -1.46. The Bertz CT molecular complexity index is 522. The lowest BCUT2D eigenvalue weighted by molar-refractivity contribution is 0.367. The highest BCUT2D eigenvalue weighted by Gasteiger charge is 2.13. The van der Waals surface area contributed by atoms with Gasteiger partial charge in [0.1, 0.15) is 5.82 Å². The highest BCUT2D eigenvalue weighted by Crippen LogP contribution is 2.21. The predicted molar refractivity (Wildman–Crippen MR) is 65.9 cm³/mol. The van der Waals surface area contributed by atoms with Gasteiger partial charge in [0.15, 0.2) is 5.82 Å². The van der Waals surface area contributed by atoms with Crippen molar-refractivity contribution in [3.8, 4) is 0 Å². The topological polar surface area (TPSA) is 64.9 Å². The Morgan fingerprint density at radius 2 is 2.28 bits per heavy atom. The van der Waals surface area contributed by atoms with Crippen LogP contribution in [-0.2, 0) is 12.8 Å². The van der Waals surface area contributed by atoms with Crippen LogP contribution < -0.4 is 5.73 Å². The fourth-order valence-corrected chi connectivity index (χ4v) is 1.81. The van der Waals surface area contributed by atoms with Crippen LogP contribution >= 0.6 is 11.6 Å². The molecule has 2 N–H and O–H groups in total. The summed E-state index contributed by atoms with van der Waals surface area (Å²) in [4.78, 5) is 4.14. The standard InChI is InChI=1S/C12H13ClFN3O/c1-7(15)5-12-16-11(17-18-12)6-8-9(13)3-2-4-10(8)14/h2-4,7H,5-6,15H2,1H3. The zero-order valence-corrected chi connectivity index (χ0v) is 10.6. The van der Waals surface area contributed by atoms with Gasteiger partial charge in [-0.1, -0.05) is 22.8 Å². The SMILES string of the molecule is CC(N)Cc1nc(Cc2c(F)cccc2Cl)no1. The molecule has 0 aliphatic heterocycles. The van der Waals surface area contributed by atoms with E-state index in [1.807, 2.05) is 6.92 Å². The average molecular weight is 270 g/mol. The molecule has 2 rings (SSSR count). The van der Waals surface area contributed by atoms with Crippen molar-refractivity contribution < 1.29 is 8.91 Å². The van der Waals surface area contributed by atoms with Crippen molar-refractivity contribution in [2.75, 3.05) is 0 Å². The van der Waals surface area contributed by atoms with Gasteiger partial charge in [-0.2, -0.15) is 4.98 Å². The van der Waals surface area contributed by atoms with Crippen LogP contribution in [0.15, 0.2) is 22.7 Å². The van der Waals surface area contributed by atoms with Gasteiger partial charge < -0.3 is 10.3 Å². The van der Waals surface area contributed by atoms with Crippen LogP contribution in [0.1, 0.15) is 24.2 Å². The van der Waals surface area contributed by atoms with Crippen molar-refractivity contribution in [2.45, 2.75) is 25.8 Å². The highest BCUT2D eigenvalue weighted by atomic mass is 35.5. The zero-order valence-electron chi connectivity index (χ0n) is 9.86. The van der Waals surface area contributed by atoms with Crippen LogP contribution in [0.25, 0.3) is 0 Å². The molecule has 1 unspecified atom stereocenters. The van der Waals surface area contributed by atoms with E-state index in [-0.39, 0.29) is 18.3 Å². The zero-order chi connectivity index (χ0) is 13.1. The smallest absolute Gasteiger partial charge is 0.228 e. The monoisotopic (exact) mass is 269 g/mol. The number of halogens is 2. The summed E-state index contributed by atoms with van der Waals surface area (Å²) in [5.74, 6) is 0.478. The van der Waals surface area contributed by atoms with Crippen LogP contribution in [0.3, 0.4) is 0 Å². The van der Waals surface area contributed by atoms with E-state index in [2.05, 4.69) is 10.1 Å². The second-order valence-corrected chi connectivity index (χ2v) is 4.57. The molecule has 96 valence electrons. The third-order valence-electron chi connectivity index (χ3n) is 2.40. The van der Waals surface area contributed by atoms with Gasteiger partial charge in [-0.3, -0.25) is 0 Å². The van der Waals surface area contributed by atoms with Gasteiger partial charge in [0.05, 0.1) is 0 Å². The predicted octanol–water partition coefficient (Wildman–Crippen LogP) is 2.34. The molecule has 6 heteroatoms. The molecule has 1 aromatic carbocycles. The van der Waals surface area contributed by atoms with Crippen molar-refractivity contribution in [3.05, 3.63) is 46.3 Å². The number of nitrogens with two attached hydrogens (primary N) is 1. The quantitative estimate of drug-likeness (QED) is 0.925. The van der Waals surface area contributed by atoms with E-state index in [0.29, 0.717) is 28.7 Å². The summed E-state index contributed by atoms with van der Waals surface area (Å²) in [5, 5.41) is 4.13. The summed E-state index contributed by atoms with van der Waals surface area (Å²) in [6.07, 6.45) is 0.700. The van der Waals surface area contributed by atoms with Crippen molar-refractivity contribution in [2.24, 2.45) is 5.73 Å². The van der Waals surface area contributed by atoms with Crippen LogP contribution in [-0.4, -0.2) is 16.2 Å². The third-order valence-corrected chi connectivity index (χ3v) is 2.76. The molecule has 2 aromatic rings. The Morgan fingerprint density at radius 1 is 1.50 bits per heavy atom. The molecule has 0 aliphatic rings. The second kappa shape index (κ2) is 5.46. The Balaban J connectivity index is 2.16. The molecule has 0 aliphatic carbocycles. The number of hydrogen-bond donors (Lipinski definition) is 1. The Kier molecular flexibility index (Phi) is 3.93. The summed E-state index contributed by atoms with van der Waals surface area (Å²) in [6.45, 7) is 1.84. The van der Waals surface area contributed by atoms with Gasteiger partial charge in [0, 0.05) is 29.5 Å². The Labute approximate surface area is 109 Å². The van der Waals surface area contributed by atoms with Gasteiger partial charge in [-0.25, -0.2) is 4.39 Å². The number of aromatic nitrogens is 2. The lowest BCUT2D eigenvalue weighted by Gasteiger charge is -2.01. The minimum absolute atomic E-state index is 0.0599. The molecular weight excluding hydrogens is 257 g/mol. The van der Waals surface area contributed by atoms with Crippen molar-refractivity contribution in [1.82, 2.24) is 10.1 Å². The lowest BCUT2D eigenvalue weighted by Crippen LogP contribution is -2.17. The van der Waals surface area contributed by atoms with E-state index in [4.69, 9.17) is 21.9 Å². The van der Waals surface area contributed by atoms with E-state index >= 15 is 0 Å². The first kappa shape index (κ1) is 13.0. The fourth-order valence-electron chi connectivity index (χ4n) is 1.58. The largest absolute Gasteiger partial charge is 0.339 e. The van der Waals surface area contributed by atoms with E-state index in [9.17, 15) is 4.39 Å². The van der Waals surface area contributed by atoms with Crippen molar-refractivity contribution in [1.29, 1.82) is 0 Å². The molecule has 1 heterocycles. The van der Waals surface area contributed by atoms with Gasteiger partial charge >= 0.3 is 0 Å². The average Bonchev–Trinajstić information content (AvgIpc) is 2.70. The minimum atomic E-state index is -0.374. The molecule has 1 aromatic heterocycles. The summed E-state index contributed by atoms with van der Waals surface area (Å²) >= 11 is 5.92. The molecule has 18 heavy (non-hydrogen) atoms. The molecule has 0 spiro atoms. The van der Waals surface area contributed by atoms with E-state index in [1.54, 1.807) is 12.1 Å². The van der Waals surface area contributed by atoms with Crippen molar-refractivity contribution >= 4 is 11.6 Å². The molecule has 0 saturated carbocycles. The first-order chi connectivity index (χ1) is 8.56. The molecule has 0 bridgehead atoms. The van der Waals surface area contributed by atoms with Crippen LogP contribution in [0.5, 0.6) is 0 Å². The number of rotatable bonds is 4. The van der Waals surface area contributed by atoms with Gasteiger partial charge in [-0.05, 0) is 19.1 Å². The van der Waals surface area contributed by atoms with Crippen LogP contribution in [0.2, 0.25) is 5.02 Å². The maximum absolute atomic E-state index is 13.6. The molecule has 4 nitrogen and oxygen atoms in total. The van der Waals surface area contributed by atoms with Gasteiger partial charge in [-0.15, -0.1) is 0 Å². The third kappa shape index (κ3) is 3.05. The first-order valence-electron chi connectivity index (χ1n) is 5.56. The fraction of sp³-hybridized carbons (Fsp3) is 0.333. The lowest BCUT2D eigenvalue weighted by atomic mass is 10.1. The molecule has 0 saturated heterocycles. The highest BCUT2D eigenvalue weighted by molar-refractivity contribution is 6.31. The molecule has 0 amide bonds. The summed E-state index contributed by atoms with van der Waals surface area (Å²) < 4.78 is 18.6. The molecule has 0 radical (unpaired) electrons. The van der Waals surface area contributed by atoms with Crippen molar-refractivity contribution in [3.63, 3.8) is 0 Å². The number of nitrogens with zero attached hydrogens (tertiary/aromatic N) is 2. The van der Waals surface area contributed by atoms with E-state index in [1.165, 1.54) is 6.07 Å². The summed E-state index contributed by atoms with van der Waals surface area (Å²) in [7, 11) is 0. The normalized spacial score (nSPS) is 12.7. The minimum Gasteiger partial charge on any atom is -0.339 e. The number of hydrogen-bond acceptors (Lipinski definition) is 4. The van der Waals surface area contributed by atoms with Gasteiger partial charge in [0.2, 0.25) is 5.89 Å². The maximum Gasteiger partial charge on any atom is 0.228 e. The molecule has 1 atom stereocenters. The molecule has 0 fully saturated rings. The van der Waals surface area contributed by atoms with Gasteiger partial charge in [0.25, 0.3) is 0 Å². The van der Waals surface area contributed by atoms with E-state index < -0.39 is 0 Å². The van der Waals surface area contributed by atoms with Crippen LogP contribution in [0.4, 0.5) is 4.39 Å². The summed E-state index contributed by atoms with van der Waals surface area (Å²) in [5.41, 5.74) is 5.99. The second-order valence-electron chi connectivity index (χ2n) is 4.16. The molecular formula is C12H13ClFN3O. The number of benzene rings is 1. The van der Waals surface area contributed by atoms with E-state index in [0.717, 1.165) is 0 Å². The summed E-state index contributed by atoms with van der Waals surface area (Å²) in [6, 6.07) is 4.47. The maximum atomic E-state index is 13.6. The van der Waals surface area contributed by atoms with Crippen LogP contribution in [0, 0.1) is 5.82 Å². The first-order valence-corrected chi connectivity index (χ1v) is 5.94.